The van der Waals surface area contributed by atoms with Crippen LogP contribution in [0.2, 0.25) is 0 Å². The van der Waals surface area contributed by atoms with E-state index in [1.165, 1.54) is 0 Å². The molecule has 0 saturated carbocycles. The first-order valence-corrected chi connectivity index (χ1v) is 2.56. The summed E-state index contributed by atoms with van der Waals surface area (Å²) >= 11 is 6.79. The van der Waals surface area contributed by atoms with Crippen LogP contribution in [0.15, 0.2) is 0 Å². The summed E-state index contributed by atoms with van der Waals surface area (Å²) < 4.78 is 22.4. The van der Waals surface area contributed by atoms with Gasteiger partial charge in [-0.05, 0) is 15.9 Å². The van der Waals surface area contributed by atoms with Crippen LogP contribution in [-0.4, -0.2) is 10.7 Å². The van der Waals surface area contributed by atoms with E-state index in [2.05, 4.69) is 27.5 Å². The maximum absolute atomic E-state index is 11.2. The first-order valence-electron chi connectivity index (χ1n) is 1.21. The number of hydrogen-bond donors (Lipinski definition) is 0. The fourth-order valence-electron chi connectivity index (χ4n) is 0. The SMILES string of the molecule is FC(Cl)C(F)Br. The molecule has 0 saturated heterocycles. The summed E-state index contributed by atoms with van der Waals surface area (Å²) in [6.45, 7) is 0. The van der Waals surface area contributed by atoms with Gasteiger partial charge in [-0.1, -0.05) is 11.6 Å². The summed E-state index contributed by atoms with van der Waals surface area (Å²) in [4.78, 5) is 0. The highest BCUT2D eigenvalue weighted by Gasteiger charge is 2.10. The van der Waals surface area contributed by atoms with E-state index in [-0.39, 0.29) is 0 Å². The Hall–Kier alpha value is 0.630. The van der Waals surface area contributed by atoms with Crippen molar-refractivity contribution in [3.63, 3.8) is 0 Å². The molecule has 6 heavy (non-hydrogen) atoms. The molecule has 0 aromatic heterocycles. The second kappa shape index (κ2) is 2.75. The minimum Gasteiger partial charge on any atom is -0.230 e. The minimum absolute atomic E-state index is 1.74. The van der Waals surface area contributed by atoms with Crippen LogP contribution in [-0.2, 0) is 0 Å². The van der Waals surface area contributed by atoms with Crippen LogP contribution in [0.4, 0.5) is 8.78 Å². The number of alkyl halides is 4. The molecule has 0 aliphatic heterocycles. The van der Waals surface area contributed by atoms with E-state index in [1.54, 1.807) is 0 Å². The van der Waals surface area contributed by atoms with Gasteiger partial charge in [-0.15, -0.1) is 0 Å². The lowest BCUT2D eigenvalue weighted by atomic mass is 10.9. The highest BCUT2D eigenvalue weighted by atomic mass is 79.9. The first-order chi connectivity index (χ1) is 2.64. The van der Waals surface area contributed by atoms with E-state index in [9.17, 15) is 8.78 Å². The van der Waals surface area contributed by atoms with Gasteiger partial charge in [0.15, 0.2) is 5.08 Å². The maximum atomic E-state index is 11.2. The van der Waals surface area contributed by atoms with Crippen LogP contribution in [0, 0.1) is 0 Å². The predicted molar refractivity (Wildman–Crippen MR) is 24.6 cm³/mol. The molecule has 0 aromatic rings. The van der Waals surface area contributed by atoms with Gasteiger partial charge in [0.25, 0.3) is 0 Å². The van der Waals surface area contributed by atoms with Gasteiger partial charge in [0.1, 0.15) is 0 Å². The highest BCUT2D eigenvalue weighted by molar-refractivity contribution is 9.09. The van der Waals surface area contributed by atoms with Crippen LogP contribution in [0.3, 0.4) is 0 Å². The van der Waals surface area contributed by atoms with Gasteiger partial charge < -0.3 is 0 Å². The standard InChI is InChI=1S/C2H2BrClF2/c3-1(5)2(4)6/h1-2H. The Labute approximate surface area is 47.6 Å². The van der Waals surface area contributed by atoms with Gasteiger partial charge in [-0.3, -0.25) is 0 Å². The Morgan fingerprint density at radius 2 is 1.67 bits per heavy atom. The summed E-state index contributed by atoms with van der Waals surface area (Å²) in [6, 6.07) is 0. The third-order valence-corrected chi connectivity index (χ3v) is 1.18. The van der Waals surface area contributed by atoms with Crippen molar-refractivity contribution in [1.29, 1.82) is 0 Å². The Balaban J connectivity index is 2.99. The van der Waals surface area contributed by atoms with E-state index < -0.39 is 10.7 Å². The quantitative estimate of drug-likeness (QED) is 0.542. The summed E-state index contributed by atoms with van der Waals surface area (Å²) in [7, 11) is 0. The van der Waals surface area contributed by atoms with E-state index in [1.807, 2.05) is 0 Å². The zero-order chi connectivity index (χ0) is 5.15. The molecular weight excluding hydrogens is 177 g/mol. The van der Waals surface area contributed by atoms with Crippen molar-refractivity contribution in [1.82, 2.24) is 0 Å². The third-order valence-electron chi connectivity index (χ3n) is 0.190. The van der Waals surface area contributed by atoms with Crippen molar-refractivity contribution < 1.29 is 8.78 Å². The minimum atomic E-state index is -1.93. The molecule has 4 heteroatoms. The second-order valence-electron chi connectivity index (χ2n) is 0.669. The van der Waals surface area contributed by atoms with Crippen molar-refractivity contribution in [3.05, 3.63) is 0 Å². The molecule has 0 fully saturated rings. The van der Waals surface area contributed by atoms with Crippen LogP contribution in [0.25, 0.3) is 0 Å². The number of hydrogen-bond acceptors (Lipinski definition) is 0. The molecule has 38 valence electrons. The Morgan fingerprint density at radius 3 is 1.67 bits per heavy atom. The molecule has 0 heterocycles. The lowest BCUT2D eigenvalue weighted by molar-refractivity contribution is 0.318. The Morgan fingerprint density at radius 1 is 1.50 bits per heavy atom. The molecule has 0 aromatic carbocycles. The Kier molecular flexibility index (Phi) is 3.03. The molecule has 0 spiro atoms. The summed E-state index contributed by atoms with van der Waals surface area (Å²) in [5.74, 6) is 0. The van der Waals surface area contributed by atoms with E-state index in [4.69, 9.17) is 0 Å². The normalized spacial score (nSPS) is 20.0. The molecule has 0 amide bonds. The van der Waals surface area contributed by atoms with Gasteiger partial charge in [0.05, 0.1) is 0 Å². The molecule has 0 rings (SSSR count). The van der Waals surface area contributed by atoms with E-state index in [0.717, 1.165) is 0 Å². The molecule has 0 bridgehead atoms. The third kappa shape index (κ3) is 2.85. The monoisotopic (exact) mass is 178 g/mol. The van der Waals surface area contributed by atoms with E-state index >= 15 is 0 Å². The average Bonchev–Trinajstić information content (AvgIpc) is 1.36. The Bertz CT molecular complexity index is 32.5. The van der Waals surface area contributed by atoms with Crippen LogP contribution >= 0.6 is 27.5 Å². The fourth-order valence-corrected chi connectivity index (χ4v) is 0. The van der Waals surface area contributed by atoms with Crippen molar-refractivity contribution in [2.24, 2.45) is 0 Å². The number of halogens is 4. The van der Waals surface area contributed by atoms with Crippen molar-refractivity contribution in [3.8, 4) is 0 Å². The molecular formula is C2H2BrClF2. The summed E-state index contributed by atoms with van der Waals surface area (Å²) in [5, 5.41) is -1.74. The van der Waals surface area contributed by atoms with Crippen LogP contribution in [0.1, 0.15) is 0 Å². The van der Waals surface area contributed by atoms with Crippen molar-refractivity contribution in [2.75, 3.05) is 0 Å². The van der Waals surface area contributed by atoms with Crippen LogP contribution in [0.5, 0.6) is 0 Å². The van der Waals surface area contributed by atoms with Crippen molar-refractivity contribution >= 4 is 27.5 Å². The predicted octanol–water partition coefficient (Wildman–Crippen LogP) is 2.21. The topological polar surface area (TPSA) is 0 Å². The molecule has 0 N–H and O–H groups in total. The lowest BCUT2D eigenvalue weighted by Gasteiger charge is -1.92. The molecule has 0 aliphatic rings. The average molecular weight is 179 g/mol. The zero-order valence-electron chi connectivity index (χ0n) is 2.67. The highest BCUT2D eigenvalue weighted by Crippen LogP contribution is 2.13. The molecule has 2 atom stereocenters. The summed E-state index contributed by atoms with van der Waals surface area (Å²) in [6.07, 6.45) is 0. The molecule has 0 nitrogen and oxygen atoms in total. The second-order valence-corrected chi connectivity index (χ2v) is 1.96. The van der Waals surface area contributed by atoms with Gasteiger partial charge in [0.2, 0.25) is 5.63 Å². The van der Waals surface area contributed by atoms with Gasteiger partial charge in [-0.25, -0.2) is 8.78 Å². The molecule has 0 radical (unpaired) electrons. The largest absolute Gasteiger partial charge is 0.230 e. The van der Waals surface area contributed by atoms with Gasteiger partial charge in [-0.2, -0.15) is 0 Å². The lowest BCUT2D eigenvalue weighted by Crippen LogP contribution is -1.98. The summed E-state index contributed by atoms with van der Waals surface area (Å²) in [5.41, 5.74) is -1.93. The maximum Gasteiger partial charge on any atom is 0.214 e. The first kappa shape index (κ1) is 6.63. The number of rotatable bonds is 1. The smallest absolute Gasteiger partial charge is 0.214 e. The zero-order valence-corrected chi connectivity index (χ0v) is 5.01. The molecule has 0 aliphatic carbocycles. The fraction of sp³-hybridized carbons (Fsp3) is 1.00. The van der Waals surface area contributed by atoms with Crippen molar-refractivity contribution in [2.45, 2.75) is 10.7 Å². The van der Waals surface area contributed by atoms with Crippen LogP contribution < -0.4 is 0 Å². The van der Waals surface area contributed by atoms with Gasteiger partial charge in [0, 0.05) is 0 Å². The van der Waals surface area contributed by atoms with E-state index in [0.29, 0.717) is 0 Å². The van der Waals surface area contributed by atoms with Gasteiger partial charge >= 0.3 is 0 Å². The molecule has 2 unspecified atom stereocenters.